The number of anilines is 2. The highest BCUT2D eigenvalue weighted by Gasteiger charge is 2.22. The molecule has 0 aromatic heterocycles. The molecule has 1 aromatic carbocycles. The SMILES string of the molecule is CNc1cccc(Cl)c1N1CCCCC1C. The molecule has 1 atom stereocenters. The third-order valence-electron chi connectivity index (χ3n) is 3.35. The molecule has 1 N–H and O–H groups in total. The Morgan fingerprint density at radius 1 is 1.38 bits per heavy atom. The van der Waals surface area contributed by atoms with Crippen LogP contribution in [0.5, 0.6) is 0 Å². The zero-order chi connectivity index (χ0) is 11.5. The molecule has 1 saturated heterocycles. The molecule has 16 heavy (non-hydrogen) atoms. The van der Waals surface area contributed by atoms with Crippen LogP contribution in [0, 0.1) is 0 Å². The van der Waals surface area contributed by atoms with Gasteiger partial charge < -0.3 is 10.2 Å². The van der Waals surface area contributed by atoms with Gasteiger partial charge in [0.25, 0.3) is 0 Å². The third kappa shape index (κ3) is 2.12. The summed E-state index contributed by atoms with van der Waals surface area (Å²) in [5.41, 5.74) is 2.29. The van der Waals surface area contributed by atoms with Crippen molar-refractivity contribution in [1.82, 2.24) is 0 Å². The van der Waals surface area contributed by atoms with Crippen molar-refractivity contribution >= 4 is 23.0 Å². The van der Waals surface area contributed by atoms with E-state index >= 15 is 0 Å². The van der Waals surface area contributed by atoms with E-state index in [2.05, 4.69) is 23.2 Å². The highest BCUT2D eigenvalue weighted by atomic mass is 35.5. The zero-order valence-corrected chi connectivity index (χ0v) is 10.7. The number of para-hydroxylation sites is 1. The molecule has 0 radical (unpaired) electrons. The van der Waals surface area contributed by atoms with Crippen LogP contribution in [0.2, 0.25) is 5.02 Å². The summed E-state index contributed by atoms with van der Waals surface area (Å²) in [6, 6.07) is 6.63. The molecule has 1 aromatic rings. The fourth-order valence-corrected chi connectivity index (χ4v) is 2.72. The van der Waals surface area contributed by atoms with Gasteiger partial charge in [0.05, 0.1) is 16.4 Å². The van der Waals surface area contributed by atoms with Crippen molar-refractivity contribution in [2.24, 2.45) is 0 Å². The lowest BCUT2D eigenvalue weighted by Gasteiger charge is -2.37. The van der Waals surface area contributed by atoms with Crippen LogP contribution in [-0.2, 0) is 0 Å². The molecule has 88 valence electrons. The smallest absolute Gasteiger partial charge is 0.0793 e. The van der Waals surface area contributed by atoms with Gasteiger partial charge >= 0.3 is 0 Å². The van der Waals surface area contributed by atoms with Crippen LogP contribution in [0.4, 0.5) is 11.4 Å². The molecule has 1 aliphatic rings. The molecular formula is C13H19ClN2. The van der Waals surface area contributed by atoms with Crippen LogP contribution in [0.25, 0.3) is 0 Å². The van der Waals surface area contributed by atoms with E-state index < -0.39 is 0 Å². The summed E-state index contributed by atoms with van der Waals surface area (Å²) in [7, 11) is 1.95. The summed E-state index contributed by atoms with van der Waals surface area (Å²) in [5, 5.41) is 4.08. The molecule has 0 aliphatic carbocycles. The predicted molar refractivity (Wildman–Crippen MR) is 71.7 cm³/mol. The number of halogens is 1. The van der Waals surface area contributed by atoms with Gasteiger partial charge in [-0.1, -0.05) is 17.7 Å². The Kier molecular flexibility index (Phi) is 3.59. The summed E-state index contributed by atoms with van der Waals surface area (Å²) >= 11 is 6.33. The molecule has 2 nitrogen and oxygen atoms in total. The Bertz CT molecular complexity index is 365. The van der Waals surface area contributed by atoms with Gasteiger partial charge in [-0.3, -0.25) is 0 Å². The lowest BCUT2D eigenvalue weighted by atomic mass is 10.0. The van der Waals surface area contributed by atoms with Crippen molar-refractivity contribution < 1.29 is 0 Å². The molecule has 0 amide bonds. The maximum Gasteiger partial charge on any atom is 0.0793 e. The van der Waals surface area contributed by atoms with E-state index in [1.54, 1.807) is 0 Å². The van der Waals surface area contributed by atoms with Crippen molar-refractivity contribution in [3.8, 4) is 0 Å². The van der Waals surface area contributed by atoms with Gasteiger partial charge in [0, 0.05) is 19.6 Å². The minimum atomic E-state index is 0.584. The molecular weight excluding hydrogens is 220 g/mol. The Balaban J connectivity index is 2.37. The van der Waals surface area contributed by atoms with Crippen molar-refractivity contribution in [1.29, 1.82) is 0 Å². The van der Waals surface area contributed by atoms with Crippen molar-refractivity contribution in [2.45, 2.75) is 32.2 Å². The fraction of sp³-hybridized carbons (Fsp3) is 0.538. The van der Waals surface area contributed by atoms with Gasteiger partial charge in [0.2, 0.25) is 0 Å². The molecule has 0 bridgehead atoms. The van der Waals surface area contributed by atoms with Crippen LogP contribution in [-0.4, -0.2) is 19.6 Å². The van der Waals surface area contributed by atoms with Crippen LogP contribution in [0.3, 0.4) is 0 Å². The van der Waals surface area contributed by atoms with E-state index in [-0.39, 0.29) is 0 Å². The standard InChI is InChI=1S/C13H19ClN2/c1-10-6-3-4-9-16(10)13-11(14)7-5-8-12(13)15-2/h5,7-8,10,15H,3-4,6,9H2,1-2H3. The van der Waals surface area contributed by atoms with Crippen molar-refractivity contribution in [3.63, 3.8) is 0 Å². The lowest BCUT2D eigenvalue weighted by molar-refractivity contribution is 0.485. The van der Waals surface area contributed by atoms with E-state index in [0.29, 0.717) is 6.04 Å². The summed E-state index contributed by atoms with van der Waals surface area (Å²) in [4.78, 5) is 2.43. The monoisotopic (exact) mass is 238 g/mol. The number of piperidine rings is 1. The topological polar surface area (TPSA) is 15.3 Å². The summed E-state index contributed by atoms with van der Waals surface area (Å²) < 4.78 is 0. The Morgan fingerprint density at radius 3 is 2.88 bits per heavy atom. The number of nitrogens with one attached hydrogen (secondary N) is 1. The van der Waals surface area contributed by atoms with E-state index in [9.17, 15) is 0 Å². The van der Waals surface area contributed by atoms with Crippen molar-refractivity contribution in [3.05, 3.63) is 23.2 Å². The quantitative estimate of drug-likeness (QED) is 0.844. The molecule has 1 heterocycles. The average molecular weight is 239 g/mol. The second-order valence-corrected chi connectivity index (χ2v) is 4.83. The van der Waals surface area contributed by atoms with Crippen LogP contribution >= 0.6 is 11.6 Å². The van der Waals surface area contributed by atoms with Gasteiger partial charge in [0.1, 0.15) is 0 Å². The molecule has 2 rings (SSSR count). The first-order chi connectivity index (χ1) is 7.74. The summed E-state index contributed by atoms with van der Waals surface area (Å²) in [5.74, 6) is 0. The molecule has 0 saturated carbocycles. The Hall–Kier alpha value is -0.890. The molecule has 3 heteroatoms. The second-order valence-electron chi connectivity index (χ2n) is 4.42. The number of rotatable bonds is 2. The number of benzene rings is 1. The van der Waals surface area contributed by atoms with E-state index in [0.717, 1.165) is 17.3 Å². The van der Waals surface area contributed by atoms with Gasteiger partial charge in [-0.15, -0.1) is 0 Å². The van der Waals surface area contributed by atoms with Crippen molar-refractivity contribution in [2.75, 3.05) is 23.8 Å². The van der Waals surface area contributed by atoms with Gasteiger partial charge in [-0.25, -0.2) is 0 Å². The van der Waals surface area contributed by atoms with Gasteiger partial charge in [0.15, 0.2) is 0 Å². The maximum absolute atomic E-state index is 6.33. The van der Waals surface area contributed by atoms with E-state index in [1.807, 2.05) is 19.2 Å². The Labute approximate surface area is 103 Å². The summed E-state index contributed by atoms with van der Waals surface area (Å²) in [6.45, 7) is 3.39. The molecule has 1 unspecified atom stereocenters. The van der Waals surface area contributed by atoms with Gasteiger partial charge in [-0.05, 0) is 38.3 Å². The van der Waals surface area contributed by atoms with E-state index in [1.165, 1.54) is 24.9 Å². The highest BCUT2D eigenvalue weighted by Crippen LogP contribution is 2.37. The second kappa shape index (κ2) is 4.96. The first kappa shape index (κ1) is 11.6. The highest BCUT2D eigenvalue weighted by molar-refractivity contribution is 6.34. The lowest BCUT2D eigenvalue weighted by Crippen LogP contribution is -2.38. The summed E-state index contributed by atoms with van der Waals surface area (Å²) in [6.07, 6.45) is 3.85. The van der Waals surface area contributed by atoms with Gasteiger partial charge in [-0.2, -0.15) is 0 Å². The normalized spacial score (nSPS) is 20.9. The van der Waals surface area contributed by atoms with Crippen LogP contribution < -0.4 is 10.2 Å². The third-order valence-corrected chi connectivity index (χ3v) is 3.65. The maximum atomic E-state index is 6.33. The number of hydrogen-bond acceptors (Lipinski definition) is 2. The minimum absolute atomic E-state index is 0.584. The molecule has 1 aliphatic heterocycles. The molecule has 0 spiro atoms. The van der Waals surface area contributed by atoms with E-state index in [4.69, 9.17) is 11.6 Å². The fourth-order valence-electron chi connectivity index (χ4n) is 2.44. The first-order valence-corrected chi connectivity index (χ1v) is 6.34. The number of nitrogens with zero attached hydrogens (tertiary/aromatic N) is 1. The zero-order valence-electron chi connectivity index (χ0n) is 9.96. The Morgan fingerprint density at radius 2 is 2.19 bits per heavy atom. The first-order valence-electron chi connectivity index (χ1n) is 5.97. The average Bonchev–Trinajstić information content (AvgIpc) is 2.30. The predicted octanol–water partition coefficient (Wildman–Crippen LogP) is 3.76. The van der Waals surface area contributed by atoms with Crippen LogP contribution in [0.15, 0.2) is 18.2 Å². The van der Waals surface area contributed by atoms with Crippen LogP contribution in [0.1, 0.15) is 26.2 Å². The largest absolute Gasteiger partial charge is 0.386 e. The minimum Gasteiger partial charge on any atom is -0.386 e. The molecule has 1 fully saturated rings. The number of hydrogen-bond donors (Lipinski definition) is 1.